The minimum absolute atomic E-state index is 0.295. The van der Waals surface area contributed by atoms with Crippen LogP contribution in [0.4, 0.5) is 5.69 Å². The Hall–Kier alpha value is -2.47. The molecule has 0 atom stereocenters. The summed E-state index contributed by atoms with van der Waals surface area (Å²) in [6.07, 6.45) is 4.71. The van der Waals surface area contributed by atoms with Gasteiger partial charge in [-0.25, -0.2) is 9.97 Å². The van der Waals surface area contributed by atoms with E-state index in [-0.39, 0.29) is 5.91 Å². The molecule has 1 amide bonds. The van der Waals surface area contributed by atoms with Crippen molar-refractivity contribution >= 4 is 34.2 Å². The number of amides is 1. The predicted molar refractivity (Wildman–Crippen MR) is 75.7 cm³/mol. The number of halogens is 1. The zero-order valence-electron chi connectivity index (χ0n) is 10.5. The van der Waals surface area contributed by atoms with Gasteiger partial charge in [0.05, 0.1) is 22.3 Å². The van der Waals surface area contributed by atoms with Crippen LogP contribution in [0.2, 0.25) is 5.02 Å². The van der Waals surface area contributed by atoms with Gasteiger partial charge in [0.15, 0.2) is 5.65 Å². The van der Waals surface area contributed by atoms with Crippen LogP contribution in [0, 0.1) is 0 Å². The number of aromatic nitrogens is 4. The molecule has 0 radical (unpaired) electrons. The molecule has 3 aromatic heterocycles. The van der Waals surface area contributed by atoms with Crippen LogP contribution in [0.1, 0.15) is 10.5 Å². The third-order valence-electron chi connectivity index (χ3n) is 2.84. The summed E-state index contributed by atoms with van der Waals surface area (Å²) in [6.45, 7) is 0. The highest BCUT2D eigenvalue weighted by Crippen LogP contribution is 2.21. The van der Waals surface area contributed by atoms with Crippen LogP contribution in [0.3, 0.4) is 0 Å². The van der Waals surface area contributed by atoms with Gasteiger partial charge in [-0.15, -0.1) is 0 Å². The van der Waals surface area contributed by atoms with Gasteiger partial charge < -0.3 is 5.32 Å². The molecule has 0 saturated heterocycles. The molecule has 0 bridgehead atoms. The second kappa shape index (κ2) is 4.90. The zero-order chi connectivity index (χ0) is 14.1. The van der Waals surface area contributed by atoms with E-state index in [0.29, 0.717) is 22.1 Å². The summed E-state index contributed by atoms with van der Waals surface area (Å²) in [5, 5.41) is 8.18. The smallest absolute Gasteiger partial charge is 0.274 e. The first kappa shape index (κ1) is 12.6. The quantitative estimate of drug-likeness (QED) is 0.785. The Kier molecular flexibility index (Phi) is 3.08. The number of pyridine rings is 2. The molecular weight excluding hydrogens is 278 g/mol. The standard InChI is InChI=1S/C13H10ClN5O/c1-19-12-9(7-17-19)10(4-5-15-12)18-13(20)11-3-2-8(14)6-16-11/h2-7H,1H3,(H,15,18,20). The van der Waals surface area contributed by atoms with Gasteiger partial charge in [-0.1, -0.05) is 11.6 Å². The van der Waals surface area contributed by atoms with Crippen LogP contribution in [0.15, 0.2) is 36.8 Å². The largest absolute Gasteiger partial charge is 0.320 e. The third-order valence-corrected chi connectivity index (χ3v) is 3.07. The van der Waals surface area contributed by atoms with Crippen molar-refractivity contribution in [3.05, 3.63) is 47.5 Å². The second-order valence-corrected chi connectivity index (χ2v) is 4.62. The Bertz CT molecular complexity index is 781. The van der Waals surface area contributed by atoms with E-state index in [4.69, 9.17) is 11.6 Å². The lowest BCUT2D eigenvalue weighted by Crippen LogP contribution is -2.13. The van der Waals surface area contributed by atoms with E-state index < -0.39 is 0 Å². The molecule has 3 heterocycles. The molecule has 6 nitrogen and oxygen atoms in total. The molecule has 0 saturated carbocycles. The second-order valence-electron chi connectivity index (χ2n) is 4.18. The molecule has 1 N–H and O–H groups in total. The molecule has 7 heteroatoms. The number of hydrogen-bond acceptors (Lipinski definition) is 4. The normalized spacial score (nSPS) is 10.7. The molecular formula is C13H10ClN5O. The van der Waals surface area contributed by atoms with Crippen molar-refractivity contribution in [2.75, 3.05) is 5.32 Å². The Balaban J connectivity index is 1.93. The number of fused-ring (bicyclic) bond motifs is 1. The Labute approximate surface area is 119 Å². The van der Waals surface area contributed by atoms with Crippen molar-refractivity contribution < 1.29 is 4.79 Å². The minimum Gasteiger partial charge on any atom is -0.320 e. The number of nitrogens with zero attached hydrogens (tertiary/aromatic N) is 4. The van der Waals surface area contributed by atoms with Gasteiger partial charge in [0.2, 0.25) is 0 Å². The average Bonchev–Trinajstić information content (AvgIpc) is 2.82. The summed E-state index contributed by atoms with van der Waals surface area (Å²) in [6, 6.07) is 4.91. The van der Waals surface area contributed by atoms with E-state index in [0.717, 1.165) is 5.39 Å². The number of anilines is 1. The molecule has 0 aliphatic carbocycles. The maximum Gasteiger partial charge on any atom is 0.274 e. The van der Waals surface area contributed by atoms with Crippen molar-refractivity contribution in [1.82, 2.24) is 19.7 Å². The lowest BCUT2D eigenvalue weighted by atomic mass is 10.2. The van der Waals surface area contributed by atoms with Crippen LogP contribution >= 0.6 is 11.6 Å². The van der Waals surface area contributed by atoms with Crippen molar-refractivity contribution in [2.24, 2.45) is 7.05 Å². The highest BCUT2D eigenvalue weighted by Gasteiger charge is 2.11. The maximum absolute atomic E-state index is 12.1. The lowest BCUT2D eigenvalue weighted by Gasteiger charge is -2.05. The number of carbonyl (C=O) groups is 1. The van der Waals surface area contributed by atoms with E-state index in [1.54, 1.807) is 42.3 Å². The number of aryl methyl sites for hydroxylation is 1. The summed E-state index contributed by atoms with van der Waals surface area (Å²) in [5.74, 6) is -0.307. The molecule has 0 unspecified atom stereocenters. The monoisotopic (exact) mass is 287 g/mol. The minimum atomic E-state index is -0.307. The van der Waals surface area contributed by atoms with E-state index in [2.05, 4.69) is 20.4 Å². The molecule has 20 heavy (non-hydrogen) atoms. The van der Waals surface area contributed by atoms with E-state index in [1.165, 1.54) is 6.20 Å². The third kappa shape index (κ3) is 2.21. The topological polar surface area (TPSA) is 72.7 Å². The predicted octanol–water partition coefficient (Wildman–Crippen LogP) is 2.27. The van der Waals surface area contributed by atoms with Gasteiger partial charge in [0.1, 0.15) is 5.69 Å². The number of hydrogen-bond donors (Lipinski definition) is 1. The van der Waals surface area contributed by atoms with Crippen LogP contribution in [0.25, 0.3) is 11.0 Å². The Morgan fingerprint density at radius 1 is 1.25 bits per heavy atom. The van der Waals surface area contributed by atoms with Crippen LogP contribution in [0.5, 0.6) is 0 Å². The van der Waals surface area contributed by atoms with Crippen molar-refractivity contribution in [3.63, 3.8) is 0 Å². The van der Waals surface area contributed by atoms with Gasteiger partial charge in [-0.05, 0) is 18.2 Å². The van der Waals surface area contributed by atoms with E-state index in [1.807, 2.05) is 0 Å². The molecule has 0 fully saturated rings. The van der Waals surface area contributed by atoms with Crippen LogP contribution < -0.4 is 5.32 Å². The highest BCUT2D eigenvalue weighted by atomic mass is 35.5. The van der Waals surface area contributed by atoms with Crippen molar-refractivity contribution in [3.8, 4) is 0 Å². The molecule has 0 aliphatic heterocycles. The first-order valence-electron chi connectivity index (χ1n) is 5.85. The summed E-state index contributed by atoms with van der Waals surface area (Å²) >= 11 is 5.74. The first-order valence-corrected chi connectivity index (χ1v) is 6.22. The zero-order valence-corrected chi connectivity index (χ0v) is 11.3. The summed E-state index contributed by atoms with van der Waals surface area (Å²) in [5.41, 5.74) is 1.64. The van der Waals surface area contributed by atoms with Gasteiger partial charge in [0.25, 0.3) is 5.91 Å². The maximum atomic E-state index is 12.1. The lowest BCUT2D eigenvalue weighted by molar-refractivity contribution is 0.102. The fourth-order valence-corrected chi connectivity index (χ4v) is 1.96. The molecule has 0 spiro atoms. The summed E-state index contributed by atoms with van der Waals surface area (Å²) in [7, 11) is 1.79. The number of carbonyl (C=O) groups excluding carboxylic acids is 1. The van der Waals surface area contributed by atoms with Gasteiger partial charge >= 0.3 is 0 Å². The van der Waals surface area contributed by atoms with Gasteiger partial charge in [0, 0.05) is 19.4 Å². The fourth-order valence-electron chi connectivity index (χ4n) is 1.85. The molecule has 3 rings (SSSR count). The summed E-state index contributed by atoms with van der Waals surface area (Å²) in [4.78, 5) is 20.3. The van der Waals surface area contributed by atoms with Crippen molar-refractivity contribution in [1.29, 1.82) is 0 Å². The van der Waals surface area contributed by atoms with Gasteiger partial charge in [-0.2, -0.15) is 5.10 Å². The first-order chi connectivity index (χ1) is 9.65. The average molecular weight is 288 g/mol. The molecule has 0 aromatic carbocycles. The molecule has 3 aromatic rings. The Morgan fingerprint density at radius 3 is 2.85 bits per heavy atom. The van der Waals surface area contributed by atoms with Crippen LogP contribution in [-0.4, -0.2) is 25.7 Å². The van der Waals surface area contributed by atoms with E-state index >= 15 is 0 Å². The van der Waals surface area contributed by atoms with Gasteiger partial charge in [-0.3, -0.25) is 9.48 Å². The fraction of sp³-hybridized carbons (Fsp3) is 0.0769. The highest BCUT2D eigenvalue weighted by molar-refractivity contribution is 6.30. The number of rotatable bonds is 2. The van der Waals surface area contributed by atoms with Crippen LogP contribution in [-0.2, 0) is 7.05 Å². The number of nitrogens with one attached hydrogen (secondary N) is 1. The molecule has 100 valence electrons. The summed E-state index contributed by atoms with van der Waals surface area (Å²) < 4.78 is 1.64. The van der Waals surface area contributed by atoms with E-state index in [9.17, 15) is 4.79 Å². The SMILES string of the molecule is Cn1ncc2c(NC(=O)c3ccc(Cl)cn3)ccnc21. The van der Waals surface area contributed by atoms with Crippen molar-refractivity contribution in [2.45, 2.75) is 0 Å². The Morgan fingerprint density at radius 2 is 2.10 bits per heavy atom. The molecule has 0 aliphatic rings.